The van der Waals surface area contributed by atoms with Crippen molar-refractivity contribution in [1.82, 2.24) is 20.4 Å². The molecule has 7 nitrogen and oxygen atoms in total. The number of piperazine rings is 1. The van der Waals surface area contributed by atoms with Crippen LogP contribution in [0.2, 0.25) is 0 Å². The van der Waals surface area contributed by atoms with E-state index in [1.165, 1.54) is 0 Å². The fraction of sp³-hybridized carbons (Fsp3) is 0.467. The number of hydrogen-bond acceptors (Lipinski definition) is 7. The van der Waals surface area contributed by atoms with Gasteiger partial charge in [-0.2, -0.15) is 4.98 Å². The summed E-state index contributed by atoms with van der Waals surface area (Å²) in [6.45, 7) is 3.14. The summed E-state index contributed by atoms with van der Waals surface area (Å²) >= 11 is 0. The standard InChI is InChI=1S/C15H18N4O3.ClH/c1-19-7-6-16-8-10(19)14-17-15(22-18-14)13-9-20-11-4-2-3-5-12(11)21-13;/h2-5,10,13,16H,6-9H2,1H3;1H. The molecule has 1 saturated heterocycles. The predicted molar refractivity (Wildman–Crippen MR) is 85.1 cm³/mol. The van der Waals surface area contributed by atoms with Crippen molar-refractivity contribution in [3.8, 4) is 11.5 Å². The highest BCUT2D eigenvalue weighted by Crippen LogP contribution is 2.35. The van der Waals surface area contributed by atoms with Crippen molar-refractivity contribution in [2.45, 2.75) is 12.1 Å². The molecule has 4 rings (SSSR count). The van der Waals surface area contributed by atoms with Gasteiger partial charge in [-0.3, -0.25) is 4.90 Å². The van der Waals surface area contributed by atoms with Crippen molar-refractivity contribution in [2.75, 3.05) is 33.3 Å². The normalized spacial score (nSPS) is 24.0. The maximum absolute atomic E-state index is 5.89. The van der Waals surface area contributed by atoms with Gasteiger partial charge < -0.3 is 19.3 Å². The van der Waals surface area contributed by atoms with Crippen LogP contribution in [0.1, 0.15) is 23.9 Å². The Morgan fingerprint density at radius 3 is 2.91 bits per heavy atom. The number of ether oxygens (including phenoxy) is 2. The lowest BCUT2D eigenvalue weighted by Crippen LogP contribution is -2.44. The minimum absolute atomic E-state index is 0. The largest absolute Gasteiger partial charge is 0.485 e. The Balaban J connectivity index is 0.00000156. The lowest BCUT2D eigenvalue weighted by atomic mass is 10.2. The van der Waals surface area contributed by atoms with Crippen LogP contribution in [0, 0.1) is 0 Å². The third kappa shape index (κ3) is 3.12. The first kappa shape index (κ1) is 16.0. The van der Waals surface area contributed by atoms with E-state index in [0.29, 0.717) is 24.1 Å². The molecule has 1 fully saturated rings. The maximum atomic E-state index is 5.89. The second-order valence-electron chi connectivity index (χ2n) is 5.56. The third-order valence-corrected chi connectivity index (χ3v) is 4.05. The minimum Gasteiger partial charge on any atom is -0.485 e. The van der Waals surface area contributed by atoms with Crippen LogP contribution < -0.4 is 14.8 Å². The number of nitrogens with one attached hydrogen (secondary N) is 1. The molecule has 2 aliphatic rings. The van der Waals surface area contributed by atoms with E-state index < -0.39 is 0 Å². The molecule has 0 saturated carbocycles. The SMILES string of the molecule is CN1CCNCC1c1noc(C2COc3ccccc3O2)n1.Cl. The van der Waals surface area contributed by atoms with E-state index >= 15 is 0 Å². The average molecular weight is 339 g/mol. The summed E-state index contributed by atoms with van der Waals surface area (Å²) in [6.07, 6.45) is -0.363. The third-order valence-electron chi connectivity index (χ3n) is 4.05. The number of benzene rings is 1. The molecule has 2 unspecified atom stereocenters. The summed E-state index contributed by atoms with van der Waals surface area (Å²) in [5, 5.41) is 7.46. The van der Waals surface area contributed by atoms with Crippen molar-refractivity contribution in [2.24, 2.45) is 0 Å². The summed E-state index contributed by atoms with van der Waals surface area (Å²) in [7, 11) is 2.07. The summed E-state index contributed by atoms with van der Waals surface area (Å²) in [5.74, 6) is 2.60. The molecule has 2 aromatic rings. The minimum atomic E-state index is -0.363. The van der Waals surface area contributed by atoms with E-state index in [4.69, 9.17) is 14.0 Å². The number of para-hydroxylation sites is 2. The molecular weight excluding hydrogens is 320 g/mol. The van der Waals surface area contributed by atoms with Crippen LogP contribution >= 0.6 is 12.4 Å². The van der Waals surface area contributed by atoms with Gasteiger partial charge in [0.25, 0.3) is 5.89 Å². The van der Waals surface area contributed by atoms with Crippen LogP contribution in [0.5, 0.6) is 11.5 Å². The Kier molecular flexibility index (Phi) is 4.70. The average Bonchev–Trinajstić information content (AvgIpc) is 3.04. The number of rotatable bonds is 2. The number of hydrogen-bond donors (Lipinski definition) is 1. The van der Waals surface area contributed by atoms with Crippen LogP contribution in [0.4, 0.5) is 0 Å². The summed E-state index contributed by atoms with van der Waals surface area (Å²) in [4.78, 5) is 6.74. The highest BCUT2D eigenvalue weighted by molar-refractivity contribution is 5.85. The van der Waals surface area contributed by atoms with E-state index in [0.717, 1.165) is 25.4 Å². The number of fused-ring (bicyclic) bond motifs is 1. The fourth-order valence-corrected chi connectivity index (χ4v) is 2.75. The smallest absolute Gasteiger partial charge is 0.271 e. The molecule has 2 aliphatic heterocycles. The summed E-state index contributed by atoms with van der Waals surface area (Å²) in [5.41, 5.74) is 0. The van der Waals surface area contributed by atoms with Crippen LogP contribution in [0.25, 0.3) is 0 Å². The van der Waals surface area contributed by atoms with Crippen molar-refractivity contribution in [3.63, 3.8) is 0 Å². The lowest BCUT2D eigenvalue weighted by Gasteiger charge is -2.30. The highest BCUT2D eigenvalue weighted by atomic mass is 35.5. The second kappa shape index (κ2) is 6.74. The Labute approximate surface area is 140 Å². The molecule has 0 spiro atoms. The van der Waals surface area contributed by atoms with Crippen LogP contribution in [0.15, 0.2) is 28.8 Å². The van der Waals surface area contributed by atoms with Gasteiger partial charge in [0.15, 0.2) is 17.3 Å². The molecule has 3 heterocycles. The highest BCUT2D eigenvalue weighted by Gasteiger charge is 2.30. The first-order valence-corrected chi connectivity index (χ1v) is 7.44. The van der Waals surface area contributed by atoms with Crippen molar-refractivity contribution in [1.29, 1.82) is 0 Å². The summed E-state index contributed by atoms with van der Waals surface area (Å²) in [6, 6.07) is 7.71. The zero-order chi connectivity index (χ0) is 14.9. The number of aromatic nitrogens is 2. The Hall–Kier alpha value is -1.83. The van der Waals surface area contributed by atoms with Gasteiger partial charge >= 0.3 is 0 Å². The van der Waals surface area contributed by atoms with Gasteiger partial charge in [0.1, 0.15) is 6.61 Å². The van der Waals surface area contributed by atoms with Crippen molar-refractivity contribution >= 4 is 12.4 Å². The van der Waals surface area contributed by atoms with Gasteiger partial charge in [-0.15, -0.1) is 12.4 Å². The summed E-state index contributed by atoms with van der Waals surface area (Å²) < 4.78 is 17.0. The number of nitrogens with zero attached hydrogens (tertiary/aromatic N) is 3. The van der Waals surface area contributed by atoms with Gasteiger partial charge in [-0.1, -0.05) is 17.3 Å². The molecule has 0 bridgehead atoms. The Bertz CT molecular complexity index is 666. The zero-order valence-corrected chi connectivity index (χ0v) is 13.6. The van der Waals surface area contributed by atoms with Crippen molar-refractivity contribution < 1.29 is 14.0 Å². The molecule has 0 amide bonds. The number of halogens is 1. The van der Waals surface area contributed by atoms with Crippen LogP contribution in [0.3, 0.4) is 0 Å². The quantitative estimate of drug-likeness (QED) is 0.891. The molecule has 0 radical (unpaired) electrons. The van der Waals surface area contributed by atoms with E-state index in [-0.39, 0.29) is 24.6 Å². The van der Waals surface area contributed by atoms with E-state index in [1.54, 1.807) is 0 Å². The molecule has 2 atom stereocenters. The second-order valence-corrected chi connectivity index (χ2v) is 5.56. The molecule has 8 heteroatoms. The molecule has 1 aromatic carbocycles. The molecule has 1 N–H and O–H groups in total. The molecular formula is C15H19ClN4O3. The fourth-order valence-electron chi connectivity index (χ4n) is 2.75. The first-order valence-electron chi connectivity index (χ1n) is 7.44. The van der Waals surface area contributed by atoms with Crippen molar-refractivity contribution in [3.05, 3.63) is 36.0 Å². The molecule has 1 aromatic heterocycles. The van der Waals surface area contributed by atoms with Gasteiger partial charge in [0, 0.05) is 19.6 Å². The number of likely N-dealkylation sites (N-methyl/N-ethyl adjacent to an activating group) is 1. The monoisotopic (exact) mass is 338 g/mol. The van der Waals surface area contributed by atoms with Crippen LogP contribution in [-0.4, -0.2) is 48.3 Å². The lowest BCUT2D eigenvalue weighted by molar-refractivity contribution is 0.0665. The molecule has 124 valence electrons. The zero-order valence-electron chi connectivity index (χ0n) is 12.8. The van der Waals surface area contributed by atoms with Gasteiger partial charge in [0.05, 0.1) is 6.04 Å². The predicted octanol–water partition coefficient (Wildman–Crippen LogP) is 1.58. The van der Waals surface area contributed by atoms with Crippen LogP contribution in [-0.2, 0) is 0 Å². The first-order chi connectivity index (χ1) is 10.8. The van der Waals surface area contributed by atoms with E-state index in [9.17, 15) is 0 Å². The molecule has 23 heavy (non-hydrogen) atoms. The Morgan fingerprint density at radius 2 is 2.09 bits per heavy atom. The Morgan fingerprint density at radius 1 is 1.26 bits per heavy atom. The van der Waals surface area contributed by atoms with Gasteiger partial charge in [-0.05, 0) is 19.2 Å². The van der Waals surface area contributed by atoms with E-state index in [2.05, 4.69) is 27.4 Å². The van der Waals surface area contributed by atoms with Gasteiger partial charge in [-0.25, -0.2) is 0 Å². The maximum Gasteiger partial charge on any atom is 0.271 e. The molecule has 0 aliphatic carbocycles. The topological polar surface area (TPSA) is 72.7 Å². The van der Waals surface area contributed by atoms with E-state index in [1.807, 2.05) is 24.3 Å². The van der Waals surface area contributed by atoms with Gasteiger partial charge in [0.2, 0.25) is 6.10 Å².